The van der Waals surface area contributed by atoms with Crippen LogP contribution < -0.4 is 10.1 Å². The second-order valence-electron chi connectivity index (χ2n) is 9.19. The van der Waals surface area contributed by atoms with Crippen molar-refractivity contribution >= 4 is 23.8 Å². The first kappa shape index (κ1) is 30.4. The number of hydrogen-bond donors (Lipinski definition) is 3. The van der Waals surface area contributed by atoms with Crippen molar-refractivity contribution in [1.29, 1.82) is 0 Å². The second kappa shape index (κ2) is 13.8. The van der Waals surface area contributed by atoms with Gasteiger partial charge in [0.2, 0.25) is 5.88 Å². The summed E-state index contributed by atoms with van der Waals surface area (Å²) in [5.74, 6) is -2.24. The van der Waals surface area contributed by atoms with E-state index in [0.717, 1.165) is 43.7 Å². The average molecular weight is 568 g/mol. The lowest BCUT2D eigenvalue weighted by molar-refractivity contribution is -0.192. The van der Waals surface area contributed by atoms with Gasteiger partial charge in [-0.15, -0.1) is 0 Å². The zero-order chi connectivity index (χ0) is 29.3. The van der Waals surface area contributed by atoms with Crippen LogP contribution in [0.25, 0.3) is 0 Å². The number of aromatic nitrogens is 2. The van der Waals surface area contributed by atoms with Crippen LogP contribution in [0.1, 0.15) is 49.0 Å². The molecule has 4 rings (SSSR count). The molecule has 0 aliphatic carbocycles. The number of carbonyl (C=O) groups is 3. The molecule has 3 N–H and O–H groups in total. The lowest BCUT2D eigenvalue weighted by Crippen LogP contribution is -2.36. The molecule has 218 valence electrons. The van der Waals surface area contributed by atoms with E-state index in [4.69, 9.17) is 19.6 Å². The predicted molar refractivity (Wildman–Crippen MR) is 137 cm³/mol. The monoisotopic (exact) mass is 567 g/mol. The predicted octanol–water partition coefficient (Wildman–Crippen LogP) is 3.75. The van der Waals surface area contributed by atoms with Crippen molar-refractivity contribution < 1.29 is 42.5 Å². The van der Waals surface area contributed by atoms with Crippen LogP contribution >= 0.6 is 0 Å². The first-order valence-electron chi connectivity index (χ1n) is 12.9. The van der Waals surface area contributed by atoms with Crippen molar-refractivity contribution in [2.75, 3.05) is 38.1 Å². The summed E-state index contributed by atoms with van der Waals surface area (Å²) in [7, 11) is 0. The number of carbonyl (C=O) groups excluding carboxylic acids is 1. The van der Waals surface area contributed by atoms with E-state index in [-0.39, 0.29) is 12.5 Å². The summed E-state index contributed by atoms with van der Waals surface area (Å²) in [5, 5.41) is 19.9. The third kappa shape index (κ3) is 8.45. The first-order valence-corrected chi connectivity index (χ1v) is 12.9. The normalized spacial score (nSPS) is 15.4. The largest absolute Gasteiger partial charge is 0.490 e. The maximum Gasteiger partial charge on any atom is 0.490 e. The number of amides is 2. The van der Waals surface area contributed by atoms with Crippen molar-refractivity contribution in [1.82, 2.24) is 19.8 Å². The van der Waals surface area contributed by atoms with Gasteiger partial charge in [0.1, 0.15) is 5.82 Å². The Kier molecular flexibility index (Phi) is 10.5. The van der Waals surface area contributed by atoms with Crippen molar-refractivity contribution in [3.8, 4) is 5.88 Å². The molecule has 1 unspecified atom stereocenters. The number of aryl methyl sites for hydroxylation is 2. The highest BCUT2D eigenvalue weighted by Gasteiger charge is 2.38. The lowest BCUT2D eigenvalue weighted by Gasteiger charge is -2.27. The van der Waals surface area contributed by atoms with E-state index in [1.54, 1.807) is 28.1 Å². The van der Waals surface area contributed by atoms with Crippen LogP contribution in [0.15, 0.2) is 30.5 Å². The summed E-state index contributed by atoms with van der Waals surface area (Å²) in [5.41, 5.74) is 2.99. The summed E-state index contributed by atoms with van der Waals surface area (Å²) in [6, 6.07) is 7.04. The van der Waals surface area contributed by atoms with Crippen molar-refractivity contribution in [3.05, 3.63) is 47.3 Å². The fraction of sp³-hybridized carbons (Fsp3) is 0.500. The van der Waals surface area contributed by atoms with Gasteiger partial charge in [0, 0.05) is 44.1 Å². The van der Waals surface area contributed by atoms with Gasteiger partial charge >= 0.3 is 24.1 Å². The highest BCUT2D eigenvalue weighted by atomic mass is 19.4. The molecule has 1 saturated heterocycles. The minimum Gasteiger partial charge on any atom is -0.481 e. The molecule has 2 aliphatic heterocycles. The molecule has 11 nitrogen and oxygen atoms in total. The number of rotatable bonds is 10. The third-order valence-corrected chi connectivity index (χ3v) is 6.36. The van der Waals surface area contributed by atoms with Gasteiger partial charge in [-0.2, -0.15) is 13.2 Å². The topological polar surface area (TPSA) is 145 Å². The van der Waals surface area contributed by atoms with Crippen LogP contribution in [0.4, 0.5) is 23.8 Å². The number of carboxylic acid groups (broad SMARTS) is 2. The SMILES string of the molecule is CCOc1ccc(C(CC(=O)O)N2CCN(CCCc3ccc4c(n3)NCCC4)C2=O)cn1.O=C(O)C(F)(F)F. The Morgan fingerprint density at radius 2 is 1.93 bits per heavy atom. The van der Waals surface area contributed by atoms with Crippen LogP contribution in [0.5, 0.6) is 5.88 Å². The van der Waals surface area contributed by atoms with E-state index >= 15 is 0 Å². The fourth-order valence-electron chi connectivity index (χ4n) is 4.45. The zero-order valence-electron chi connectivity index (χ0n) is 22.0. The molecular formula is C26H32F3N5O6. The van der Waals surface area contributed by atoms with Crippen LogP contribution in [-0.2, 0) is 22.4 Å². The van der Waals surface area contributed by atoms with Crippen molar-refractivity contribution in [2.24, 2.45) is 0 Å². The molecule has 2 amide bonds. The second-order valence-corrected chi connectivity index (χ2v) is 9.19. The van der Waals surface area contributed by atoms with E-state index in [0.29, 0.717) is 37.7 Å². The minimum atomic E-state index is -5.08. The van der Waals surface area contributed by atoms with Gasteiger partial charge in [0.15, 0.2) is 0 Å². The maximum absolute atomic E-state index is 13.1. The number of nitrogens with zero attached hydrogens (tertiary/aromatic N) is 4. The Hall–Kier alpha value is -4.10. The standard InChI is InChI=1S/C24H31N5O4.C2HF3O2/c1-2-33-21-10-8-18(16-26-21)20(15-22(30)31)29-14-13-28(24(29)32)12-4-6-19-9-7-17-5-3-11-25-23(17)27-19;3-2(4,5)1(6)7/h7-10,16,20H,2-6,11-15H2,1H3,(H,25,27)(H,30,31);(H,6,7). The smallest absolute Gasteiger partial charge is 0.481 e. The van der Waals surface area contributed by atoms with Gasteiger partial charge < -0.3 is 30.1 Å². The highest BCUT2D eigenvalue weighted by Crippen LogP contribution is 2.29. The Morgan fingerprint density at radius 3 is 2.55 bits per heavy atom. The van der Waals surface area contributed by atoms with Crippen LogP contribution in [0.2, 0.25) is 0 Å². The first-order chi connectivity index (χ1) is 19.0. The Bertz CT molecular complexity index is 1180. The summed E-state index contributed by atoms with van der Waals surface area (Å²) >= 11 is 0. The number of halogens is 3. The van der Waals surface area contributed by atoms with E-state index in [1.165, 1.54) is 5.56 Å². The van der Waals surface area contributed by atoms with Crippen LogP contribution in [-0.4, -0.2) is 86.9 Å². The average Bonchev–Trinajstić information content (AvgIpc) is 3.27. The molecular weight excluding hydrogens is 535 g/mol. The molecule has 0 radical (unpaired) electrons. The summed E-state index contributed by atoms with van der Waals surface area (Å²) in [4.78, 5) is 45.9. The van der Waals surface area contributed by atoms with E-state index < -0.39 is 24.2 Å². The molecule has 0 aromatic carbocycles. The van der Waals surface area contributed by atoms with Gasteiger partial charge in [0.05, 0.1) is 19.1 Å². The summed E-state index contributed by atoms with van der Waals surface area (Å²) < 4.78 is 37.1. The van der Waals surface area contributed by atoms with Crippen LogP contribution in [0.3, 0.4) is 0 Å². The molecule has 0 bridgehead atoms. The summed E-state index contributed by atoms with van der Waals surface area (Å²) in [6.45, 7) is 5.02. The Balaban J connectivity index is 0.000000559. The van der Waals surface area contributed by atoms with Gasteiger partial charge in [-0.25, -0.2) is 19.6 Å². The number of nitrogens with one attached hydrogen (secondary N) is 1. The molecule has 4 heterocycles. The fourth-order valence-corrected chi connectivity index (χ4v) is 4.45. The molecule has 1 atom stereocenters. The zero-order valence-corrected chi connectivity index (χ0v) is 22.0. The molecule has 2 aromatic rings. The van der Waals surface area contributed by atoms with Crippen molar-refractivity contribution in [3.63, 3.8) is 0 Å². The van der Waals surface area contributed by atoms with Gasteiger partial charge in [-0.3, -0.25) is 4.79 Å². The number of pyridine rings is 2. The van der Waals surface area contributed by atoms with Gasteiger partial charge in [0.25, 0.3) is 0 Å². The van der Waals surface area contributed by atoms with Gasteiger partial charge in [-0.05, 0) is 49.8 Å². The third-order valence-electron chi connectivity index (χ3n) is 6.36. The quantitative estimate of drug-likeness (QED) is 0.391. The van der Waals surface area contributed by atoms with E-state index in [2.05, 4.69) is 22.4 Å². The number of ether oxygens (including phenoxy) is 1. The van der Waals surface area contributed by atoms with Crippen LogP contribution in [0, 0.1) is 0 Å². The number of aliphatic carboxylic acids is 2. The molecule has 0 spiro atoms. The molecule has 40 heavy (non-hydrogen) atoms. The maximum atomic E-state index is 13.1. The number of carboxylic acids is 2. The number of anilines is 1. The molecule has 2 aromatic heterocycles. The molecule has 1 fully saturated rings. The van der Waals surface area contributed by atoms with E-state index in [1.807, 2.05) is 6.92 Å². The Morgan fingerprint density at radius 1 is 1.18 bits per heavy atom. The summed E-state index contributed by atoms with van der Waals surface area (Å²) in [6.07, 6.45) is 0.150. The van der Waals surface area contributed by atoms with E-state index in [9.17, 15) is 27.9 Å². The molecule has 14 heteroatoms. The minimum absolute atomic E-state index is 0.129. The van der Waals surface area contributed by atoms with Crippen molar-refractivity contribution in [2.45, 2.75) is 51.2 Å². The number of alkyl halides is 3. The number of hydrogen-bond acceptors (Lipinski definition) is 7. The molecule has 2 aliphatic rings. The Labute approximate surface area is 229 Å². The van der Waals surface area contributed by atoms with Gasteiger partial charge in [-0.1, -0.05) is 12.1 Å². The highest BCUT2D eigenvalue weighted by molar-refractivity contribution is 5.78. The number of fused-ring (bicyclic) bond motifs is 1. The number of urea groups is 1. The lowest BCUT2D eigenvalue weighted by atomic mass is 10.0. The molecule has 0 saturated carbocycles.